The Kier molecular flexibility index (Phi) is 7.18. The minimum atomic E-state index is -0.279. The molecular weight excluding hydrogens is 362 g/mol. The Morgan fingerprint density at radius 1 is 1.07 bits per heavy atom. The van der Waals surface area contributed by atoms with Gasteiger partial charge in [-0.15, -0.1) is 0 Å². The summed E-state index contributed by atoms with van der Waals surface area (Å²) in [6, 6.07) is 4.17. The van der Waals surface area contributed by atoms with Crippen molar-refractivity contribution in [1.29, 1.82) is 0 Å². The smallest absolute Gasteiger partial charge is 0.338 e. The molecule has 0 aromatic heterocycles. The zero-order chi connectivity index (χ0) is 21.0. The molecule has 158 valence electrons. The molecule has 2 heterocycles. The molecule has 2 aliphatic heterocycles. The number of carbonyl (C=O) groups excluding carboxylic acids is 1. The van der Waals surface area contributed by atoms with Crippen LogP contribution in [0.4, 0.5) is 0 Å². The van der Waals surface area contributed by atoms with Crippen molar-refractivity contribution in [2.75, 3.05) is 19.7 Å². The van der Waals surface area contributed by atoms with Crippen molar-refractivity contribution in [2.45, 2.75) is 65.8 Å². The molecule has 29 heavy (non-hydrogen) atoms. The summed E-state index contributed by atoms with van der Waals surface area (Å²) >= 11 is 0. The average molecular weight is 398 g/mol. The van der Waals surface area contributed by atoms with Crippen LogP contribution in [0.1, 0.15) is 68.4 Å². The van der Waals surface area contributed by atoms with Gasteiger partial charge in [0, 0.05) is 12.0 Å². The molecule has 4 heteroatoms. The number of fused-ring (bicyclic) bond motifs is 1. The van der Waals surface area contributed by atoms with Crippen molar-refractivity contribution >= 4 is 5.97 Å². The molecule has 3 rings (SSSR count). The first-order chi connectivity index (χ1) is 13.8. The van der Waals surface area contributed by atoms with Gasteiger partial charge < -0.3 is 9.84 Å². The van der Waals surface area contributed by atoms with Gasteiger partial charge in [0.25, 0.3) is 0 Å². The van der Waals surface area contributed by atoms with Crippen LogP contribution >= 0.6 is 0 Å². The van der Waals surface area contributed by atoms with Gasteiger partial charge in [0.15, 0.2) is 0 Å². The van der Waals surface area contributed by atoms with E-state index < -0.39 is 0 Å². The number of carbonyl (C=O) groups is 1. The Morgan fingerprint density at radius 3 is 2.28 bits per heavy atom. The number of phenolic OH excluding ortho intramolecular Hbond substituents is 1. The molecule has 4 nitrogen and oxygen atoms in total. The number of aromatic hydroxyl groups is 1. The Balaban J connectivity index is 1.75. The lowest BCUT2D eigenvalue weighted by Crippen LogP contribution is -2.28. The van der Waals surface area contributed by atoms with Gasteiger partial charge in [-0.3, -0.25) is 4.90 Å². The predicted molar refractivity (Wildman–Crippen MR) is 117 cm³/mol. The fourth-order valence-corrected chi connectivity index (χ4v) is 4.47. The monoisotopic (exact) mass is 397 g/mol. The van der Waals surface area contributed by atoms with E-state index in [4.69, 9.17) is 4.74 Å². The van der Waals surface area contributed by atoms with E-state index in [1.165, 1.54) is 30.5 Å². The predicted octanol–water partition coefficient (Wildman–Crippen LogP) is 5.05. The highest BCUT2D eigenvalue weighted by Gasteiger charge is 2.37. The fraction of sp³-hybridized carbons (Fsp3) is 0.560. The molecule has 2 saturated heterocycles. The summed E-state index contributed by atoms with van der Waals surface area (Å²) in [6.07, 6.45) is 8.96. The summed E-state index contributed by atoms with van der Waals surface area (Å²) in [6.45, 7) is 11.0. The summed E-state index contributed by atoms with van der Waals surface area (Å²) in [7, 11) is 0. The molecule has 2 aliphatic rings. The number of ether oxygens (including phenoxy) is 1. The summed E-state index contributed by atoms with van der Waals surface area (Å²) in [5.74, 6) is 0.459. The standard InChI is InChI=1S/C25H35NO3/c1-17(2)7-9-19-14-22(15-20(24(19)27)10-8-18(3)4)25(28)29-16-21-11-13-26-12-5-6-23(21)26/h7-8,14-15,21,23,27H,5-6,9-13,16H2,1-4H3/t21-,23+/m0/s1. The Bertz CT molecular complexity index is 759. The zero-order valence-corrected chi connectivity index (χ0v) is 18.3. The third kappa shape index (κ3) is 5.51. The molecule has 0 spiro atoms. The minimum Gasteiger partial charge on any atom is -0.507 e. The molecule has 0 aliphatic carbocycles. The summed E-state index contributed by atoms with van der Waals surface area (Å²) < 4.78 is 5.74. The van der Waals surface area contributed by atoms with Gasteiger partial charge in [-0.25, -0.2) is 4.79 Å². The van der Waals surface area contributed by atoms with Gasteiger partial charge >= 0.3 is 5.97 Å². The van der Waals surface area contributed by atoms with Crippen LogP contribution < -0.4 is 0 Å². The zero-order valence-electron chi connectivity index (χ0n) is 18.3. The van der Waals surface area contributed by atoms with Crippen LogP contribution in [-0.2, 0) is 17.6 Å². The van der Waals surface area contributed by atoms with E-state index in [0.29, 0.717) is 37.0 Å². The number of benzene rings is 1. The number of nitrogens with zero attached hydrogens (tertiary/aromatic N) is 1. The van der Waals surface area contributed by atoms with E-state index in [0.717, 1.165) is 24.1 Å². The molecule has 0 saturated carbocycles. The largest absolute Gasteiger partial charge is 0.507 e. The minimum absolute atomic E-state index is 0.279. The van der Waals surface area contributed by atoms with Crippen LogP contribution in [-0.4, -0.2) is 41.7 Å². The van der Waals surface area contributed by atoms with E-state index in [2.05, 4.69) is 17.1 Å². The molecule has 0 amide bonds. The van der Waals surface area contributed by atoms with Gasteiger partial charge in [0.05, 0.1) is 12.2 Å². The molecule has 2 fully saturated rings. The lowest BCUT2D eigenvalue weighted by Gasteiger charge is -2.20. The van der Waals surface area contributed by atoms with Crippen molar-refractivity contribution in [2.24, 2.45) is 5.92 Å². The highest BCUT2D eigenvalue weighted by molar-refractivity contribution is 5.90. The molecule has 0 bridgehead atoms. The second kappa shape index (κ2) is 9.62. The van der Waals surface area contributed by atoms with Gasteiger partial charge in [0.1, 0.15) is 5.75 Å². The average Bonchev–Trinajstić information content (AvgIpc) is 3.28. The lowest BCUT2D eigenvalue weighted by atomic mass is 9.98. The molecule has 1 aromatic rings. The number of allylic oxidation sites excluding steroid dienone is 4. The van der Waals surface area contributed by atoms with Gasteiger partial charge in [-0.1, -0.05) is 23.3 Å². The second-order valence-corrected chi connectivity index (χ2v) is 9.01. The maximum absolute atomic E-state index is 12.8. The molecule has 0 unspecified atom stereocenters. The first-order valence-corrected chi connectivity index (χ1v) is 10.9. The maximum Gasteiger partial charge on any atom is 0.338 e. The van der Waals surface area contributed by atoms with Crippen LogP contribution in [0.2, 0.25) is 0 Å². The summed E-state index contributed by atoms with van der Waals surface area (Å²) in [5.41, 5.74) is 4.47. The van der Waals surface area contributed by atoms with E-state index in [-0.39, 0.29) is 11.7 Å². The molecular formula is C25H35NO3. The van der Waals surface area contributed by atoms with Crippen LogP contribution in [0.3, 0.4) is 0 Å². The third-order valence-electron chi connectivity index (χ3n) is 6.14. The Labute approximate surface area is 175 Å². The Morgan fingerprint density at radius 2 is 1.69 bits per heavy atom. The number of hydrogen-bond acceptors (Lipinski definition) is 4. The van der Waals surface area contributed by atoms with E-state index in [9.17, 15) is 9.90 Å². The lowest BCUT2D eigenvalue weighted by molar-refractivity contribution is 0.0418. The second-order valence-electron chi connectivity index (χ2n) is 9.01. The van der Waals surface area contributed by atoms with Crippen LogP contribution in [0.5, 0.6) is 5.75 Å². The first kappa shape index (κ1) is 21.6. The van der Waals surface area contributed by atoms with E-state index in [1.807, 2.05) is 27.7 Å². The molecule has 1 aromatic carbocycles. The highest BCUT2D eigenvalue weighted by Crippen LogP contribution is 2.33. The normalized spacial score (nSPS) is 21.0. The van der Waals surface area contributed by atoms with Crippen LogP contribution in [0.25, 0.3) is 0 Å². The molecule has 1 N–H and O–H groups in total. The van der Waals surface area contributed by atoms with Gasteiger partial charge in [-0.05, 0) is 96.1 Å². The van der Waals surface area contributed by atoms with Crippen LogP contribution in [0.15, 0.2) is 35.4 Å². The van der Waals surface area contributed by atoms with Gasteiger partial charge in [-0.2, -0.15) is 0 Å². The van der Waals surface area contributed by atoms with E-state index >= 15 is 0 Å². The highest BCUT2D eigenvalue weighted by atomic mass is 16.5. The summed E-state index contributed by atoms with van der Waals surface area (Å²) in [4.78, 5) is 15.4. The van der Waals surface area contributed by atoms with Crippen molar-refractivity contribution in [3.05, 3.63) is 52.1 Å². The molecule has 2 atom stereocenters. The van der Waals surface area contributed by atoms with Crippen molar-refractivity contribution in [3.63, 3.8) is 0 Å². The first-order valence-electron chi connectivity index (χ1n) is 10.9. The SMILES string of the molecule is CC(C)=CCc1cc(C(=O)OC[C@@H]2CCN3CCC[C@H]23)cc(CC=C(C)C)c1O. The molecule has 0 radical (unpaired) electrons. The van der Waals surface area contributed by atoms with Crippen molar-refractivity contribution in [1.82, 2.24) is 4.90 Å². The number of phenols is 1. The van der Waals surface area contributed by atoms with Crippen LogP contribution in [0, 0.1) is 5.92 Å². The maximum atomic E-state index is 12.8. The quantitative estimate of drug-likeness (QED) is 0.517. The number of hydrogen-bond donors (Lipinski definition) is 1. The van der Waals surface area contributed by atoms with Crippen molar-refractivity contribution in [3.8, 4) is 5.75 Å². The third-order valence-corrected chi connectivity index (χ3v) is 6.14. The number of rotatable bonds is 7. The fourth-order valence-electron chi connectivity index (χ4n) is 4.47. The number of esters is 1. The van der Waals surface area contributed by atoms with Crippen molar-refractivity contribution < 1.29 is 14.6 Å². The topological polar surface area (TPSA) is 49.8 Å². The Hall–Kier alpha value is -2.07. The van der Waals surface area contributed by atoms with Gasteiger partial charge in [0.2, 0.25) is 0 Å². The summed E-state index contributed by atoms with van der Waals surface area (Å²) in [5, 5.41) is 10.7. The van der Waals surface area contributed by atoms with E-state index in [1.54, 1.807) is 12.1 Å².